The predicted molar refractivity (Wildman–Crippen MR) is 111 cm³/mol. The Hall–Kier alpha value is -2.08. The number of carbonyl (C=O) groups is 1. The molecule has 28 heavy (non-hydrogen) atoms. The summed E-state index contributed by atoms with van der Waals surface area (Å²) >= 11 is 0. The molecule has 1 fully saturated rings. The van der Waals surface area contributed by atoms with Gasteiger partial charge in [0, 0.05) is 31.5 Å². The minimum absolute atomic E-state index is 0.0760. The molecule has 0 radical (unpaired) electrons. The van der Waals surface area contributed by atoms with E-state index in [1.165, 1.54) is 0 Å². The van der Waals surface area contributed by atoms with Crippen LogP contribution in [0.2, 0.25) is 0 Å². The van der Waals surface area contributed by atoms with Crippen molar-refractivity contribution >= 4 is 15.7 Å². The third-order valence-electron chi connectivity index (χ3n) is 6.06. The Morgan fingerprint density at radius 3 is 2.32 bits per heavy atom. The molecule has 3 rings (SSSR count). The van der Waals surface area contributed by atoms with Crippen molar-refractivity contribution in [2.24, 2.45) is 7.05 Å². The molecule has 2 heterocycles. The molecule has 2 aromatic rings. The van der Waals surface area contributed by atoms with Gasteiger partial charge in [0.05, 0.1) is 11.3 Å². The molecule has 6 heteroatoms. The van der Waals surface area contributed by atoms with Crippen molar-refractivity contribution in [1.29, 1.82) is 0 Å². The Bertz CT molecular complexity index is 1010. The number of amides is 1. The van der Waals surface area contributed by atoms with E-state index in [-0.39, 0.29) is 16.6 Å². The first-order chi connectivity index (χ1) is 13.2. The highest BCUT2D eigenvalue weighted by Gasteiger charge is 2.34. The molecule has 1 aliphatic heterocycles. The van der Waals surface area contributed by atoms with E-state index in [4.69, 9.17) is 0 Å². The first-order valence-electron chi connectivity index (χ1n) is 9.94. The van der Waals surface area contributed by atoms with Gasteiger partial charge in [-0.05, 0) is 56.7 Å². The zero-order chi connectivity index (χ0) is 20.6. The van der Waals surface area contributed by atoms with Crippen molar-refractivity contribution in [2.75, 3.05) is 13.1 Å². The predicted octanol–water partition coefficient (Wildman–Crippen LogP) is 3.72. The highest BCUT2D eigenvalue weighted by atomic mass is 32.2. The average Bonchev–Trinajstić information content (AvgIpc) is 3.26. The number of aryl methyl sites for hydroxylation is 2. The lowest BCUT2D eigenvalue weighted by Gasteiger charge is -2.17. The lowest BCUT2D eigenvalue weighted by molar-refractivity contribution is 0.0788. The SMILES string of the molecule is CCc1cccc(C)c1CS(=O)(=O)c1c(C(=O)N2CCCC2)c(C)n(C)c1C. The van der Waals surface area contributed by atoms with E-state index in [0.717, 1.165) is 36.0 Å². The van der Waals surface area contributed by atoms with Crippen LogP contribution in [-0.2, 0) is 29.1 Å². The van der Waals surface area contributed by atoms with Crippen LogP contribution in [0.3, 0.4) is 0 Å². The van der Waals surface area contributed by atoms with Gasteiger partial charge in [0.1, 0.15) is 4.90 Å². The van der Waals surface area contributed by atoms with E-state index >= 15 is 0 Å². The van der Waals surface area contributed by atoms with E-state index in [1.807, 2.05) is 50.6 Å². The lowest BCUT2D eigenvalue weighted by Crippen LogP contribution is -2.29. The van der Waals surface area contributed by atoms with Gasteiger partial charge in [0.2, 0.25) is 0 Å². The smallest absolute Gasteiger partial charge is 0.257 e. The number of hydrogen-bond donors (Lipinski definition) is 0. The molecule has 0 spiro atoms. The van der Waals surface area contributed by atoms with E-state index in [1.54, 1.807) is 11.8 Å². The van der Waals surface area contributed by atoms with Crippen molar-refractivity contribution in [3.63, 3.8) is 0 Å². The third kappa shape index (κ3) is 3.50. The van der Waals surface area contributed by atoms with Gasteiger partial charge in [-0.3, -0.25) is 4.79 Å². The summed E-state index contributed by atoms with van der Waals surface area (Å²) < 4.78 is 29.0. The van der Waals surface area contributed by atoms with Crippen LogP contribution >= 0.6 is 0 Å². The third-order valence-corrected chi connectivity index (χ3v) is 7.85. The number of benzene rings is 1. The maximum absolute atomic E-state index is 13.6. The van der Waals surface area contributed by atoms with Crippen molar-refractivity contribution in [3.05, 3.63) is 51.8 Å². The average molecular weight is 403 g/mol. The number of hydrogen-bond acceptors (Lipinski definition) is 3. The second-order valence-electron chi connectivity index (χ2n) is 7.76. The minimum Gasteiger partial charge on any atom is -0.350 e. The highest BCUT2D eigenvalue weighted by Crippen LogP contribution is 2.32. The van der Waals surface area contributed by atoms with Crippen LogP contribution in [-0.4, -0.2) is 36.9 Å². The fourth-order valence-electron chi connectivity index (χ4n) is 4.19. The molecular weight excluding hydrogens is 372 g/mol. The number of aromatic nitrogens is 1. The number of nitrogens with zero attached hydrogens (tertiary/aromatic N) is 2. The normalized spacial score (nSPS) is 14.7. The summed E-state index contributed by atoms with van der Waals surface area (Å²) in [5, 5.41) is 0. The van der Waals surface area contributed by atoms with Crippen LogP contribution in [0.25, 0.3) is 0 Å². The standard InChI is InChI=1S/C22H30N2O3S/c1-6-18-11-9-10-15(2)19(18)14-28(26,27)21-17(4)23(5)16(3)20(21)22(25)24-12-7-8-13-24/h9-11H,6-8,12-14H2,1-5H3. The number of rotatable bonds is 5. The summed E-state index contributed by atoms with van der Waals surface area (Å²) in [5.74, 6) is -0.231. The summed E-state index contributed by atoms with van der Waals surface area (Å²) in [6.07, 6.45) is 2.72. The highest BCUT2D eigenvalue weighted by molar-refractivity contribution is 7.90. The zero-order valence-electron chi connectivity index (χ0n) is 17.5. The first-order valence-corrected chi connectivity index (χ1v) is 11.6. The van der Waals surface area contributed by atoms with E-state index in [9.17, 15) is 13.2 Å². The Morgan fingerprint density at radius 2 is 1.71 bits per heavy atom. The van der Waals surface area contributed by atoms with Gasteiger partial charge in [-0.1, -0.05) is 25.1 Å². The molecule has 1 amide bonds. The molecule has 1 aliphatic rings. The lowest BCUT2D eigenvalue weighted by atomic mass is 10.0. The van der Waals surface area contributed by atoms with Gasteiger partial charge in [-0.15, -0.1) is 0 Å². The molecular formula is C22H30N2O3S. The minimum atomic E-state index is -3.67. The van der Waals surface area contributed by atoms with Crippen LogP contribution in [0, 0.1) is 20.8 Å². The van der Waals surface area contributed by atoms with Gasteiger partial charge < -0.3 is 9.47 Å². The second kappa shape index (κ2) is 7.74. The first kappa shape index (κ1) is 20.6. The van der Waals surface area contributed by atoms with E-state index in [2.05, 4.69) is 0 Å². The van der Waals surface area contributed by atoms with Gasteiger partial charge >= 0.3 is 0 Å². The molecule has 1 aromatic carbocycles. The Balaban J connectivity index is 2.12. The molecule has 0 unspecified atom stereocenters. The molecule has 0 atom stereocenters. The van der Waals surface area contributed by atoms with Crippen LogP contribution in [0.15, 0.2) is 23.1 Å². The van der Waals surface area contributed by atoms with E-state index in [0.29, 0.717) is 30.0 Å². The zero-order valence-corrected chi connectivity index (χ0v) is 18.3. The molecule has 0 bridgehead atoms. The fourth-order valence-corrected chi connectivity index (χ4v) is 6.26. The molecule has 1 aromatic heterocycles. The fraction of sp³-hybridized carbons (Fsp3) is 0.500. The molecule has 0 N–H and O–H groups in total. The maximum atomic E-state index is 13.6. The van der Waals surface area contributed by atoms with Crippen LogP contribution in [0.4, 0.5) is 0 Å². The Kier molecular flexibility index (Phi) is 5.71. The van der Waals surface area contributed by atoms with Crippen LogP contribution in [0.5, 0.6) is 0 Å². The van der Waals surface area contributed by atoms with Gasteiger partial charge in [-0.2, -0.15) is 0 Å². The Morgan fingerprint density at radius 1 is 1.07 bits per heavy atom. The summed E-state index contributed by atoms with van der Waals surface area (Å²) in [5.41, 5.74) is 4.57. The second-order valence-corrected chi connectivity index (χ2v) is 9.68. The van der Waals surface area contributed by atoms with Crippen molar-refractivity contribution in [3.8, 4) is 0 Å². The summed E-state index contributed by atoms with van der Waals surface area (Å²) in [7, 11) is -1.85. The quantitative estimate of drug-likeness (QED) is 0.766. The monoisotopic (exact) mass is 402 g/mol. The van der Waals surface area contributed by atoms with Gasteiger partial charge in [0.25, 0.3) is 5.91 Å². The van der Waals surface area contributed by atoms with E-state index < -0.39 is 9.84 Å². The maximum Gasteiger partial charge on any atom is 0.257 e. The molecule has 0 aliphatic carbocycles. The van der Waals surface area contributed by atoms with Crippen LogP contribution < -0.4 is 0 Å². The molecule has 152 valence electrons. The van der Waals surface area contributed by atoms with Crippen molar-refractivity contribution < 1.29 is 13.2 Å². The number of carbonyl (C=O) groups excluding carboxylic acids is 1. The topological polar surface area (TPSA) is 59.4 Å². The molecule has 0 saturated carbocycles. The number of likely N-dealkylation sites (tertiary alicyclic amines) is 1. The van der Waals surface area contributed by atoms with Gasteiger partial charge in [0.15, 0.2) is 9.84 Å². The van der Waals surface area contributed by atoms with Crippen molar-refractivity contribution in [1.82, 2.24) is 9.47 Å². The largest absolute Gasteiger partial charge is 0.350 e. The van der Waals surface area contributed by atoms with Gasteiger partial charge in [-0.25, -0.2) is 8.42 Å². The number of sulfone groups is 1. The summed E-state index contributed by atoms with van der Waals surface area (Å²) in [6.45, 7) is 9.00. The Labute approximate surface area is 168 Å². The van der Waals surface area contributed by atoms with Crippen LogP contribution in [0.1, 0.15) is 58.2 Å². The molecule has 1 saturated heterocycles. The van der Waals surface area contributed by atoms with Crippen molar-refractivity contribution in [2.45, 2.75) is 57.6 Å². The molecule has 5 nitrogen and oxygen atoms in total. The summed E-state index contributed by atoms with van der Waals surface area (Å²) in [4.78, 5) is 15.2. The summed E-state index contributed by atoms with van der Waals surface area (Å²) in [6, 6.07) is 5.89.